The van der Waals surface area contributed by atoms with Gasteiger partial charge in [0, 0.05) is 6.04 Å². The molecule has 1 N–H and O–H groups in total. The lowest BCUT2D eigenvalue weighted by molar-refractivity contribution is 0.117. The van der Waals surface area contributed by atoms with Crippen molar-refractivity contribution in [1.29, 1.82) is 0 Å². The van der Waals surface area contributed by atoms with Crippen molar-refractivity contribution >= 4 is 0 Å². The first kappa shape index (κ1) is 16.3. The van der Waals surface area contributed by atoms with Crippen LogP contribution in [0.4, 0.5) is 4.39 Å². The fourth-order valence-corrected chi connectivity index (χ4v) is 3.21. The normalized spacial score (nSPS) is 23.8. The monoisotopic (exact) mass is 293 g/mol. The van der Waals surface area contributed by atoms with Crippen LogP contribution >= 0.6 is 0 Å². The van der Waals surface area contributed by atoms with Gasteiger partial charge in [0.15, 0.2) is 11.6 Å². The standard InChI is InChI=1S/C18H28FNO/c1-4-14-7-6-8-16(11-14)21-18-10-9-15(12-17(18)19)13(3)20-5-2/h9-10,12-14,16,20H,4-8,11H2,1-3H3. The zero-order valence-corrected chi connectivity index (χ0v) is 13.5. The molecule has 3 heteroatoms. The fourth-order valence-electron chi connectivity index (χ4n) is 3.21. The third-order valence-electron chi connectivity index (χ3n) is 4.57. The van der Waals surface area contributed by atoms with Gasteiger partial charge in [-0.2, -0.15) is 0 Å². The Morgan fingerprint density at radius 1 is 1.33 bits per heavy atom. The molecule has 2 nitrogen and oxygen atoms in total. The molecule has 1 aliphatic rings. The summed E-state index contributed by atoms with van der Waals surface area (Å²) in [5.41, 5.74) is 0.969. The van der Waals surface area contributed by atoms with Crippen LogP contribution in [0.15, 0.2) is 18.2 Å². The molecular weight excluding hydrogens is 265 g/mol. The number of hydrogen-bond donors (Lipinski definition) is 1. The summed E-state index contributed by atoms with van der Waals surface area (Å²) in [6, 6.07) is 5.51. The first-order valence-electron chi connectivity index (χ1n) is 8.33. The van der Waals surface area contributed by atoms with Gasteiger partial charge in [0.25, 0.3) is 0 Å². The van der Waals surface area contributed by atoms with Gasteiger partial charge in [-0.1, -0.05) is 32.8 Å². The van der Waals surface area contributed by atoms with E-state index in [-0.39, 0.29) is 18.0 Å². The quantitative estimate of drug-likeness (QED) is 0.810. The molecule has 3 unspecified atom stereocenters. The predicted octanol–water partition coefficient (Wildman–Crippen LogP) is 4.84. The second-order valence-electron chi connectivity index (χ2n) is 6.15. The van der Waals surface area contributed by atoms with E-state index in [0.717, 1.165) is 30.9 Å². The first-order valence-corrected chi connectivity index (χ1v) is 8.33. The summed E-state index contributed by atoms with van der Waals surface area (Å²) in [6.45, 7) is 7.20. The maximum Gasteiger partial charge on any atom is 0.165 e. The zero-order chi connectivity index (χ0) is 15.2. The van der Waals surface area contributed by atoms with Crippen molar-refractivity contribution in [2.45, 2.75) is 65.0 Å². The summed E-state index contributed by atoms with van der Waals surface area (Å²) in [5.74, 6) is 0.903. The van der Waals surface area contributed by atoms with Crippen LogP contribution < -0.4 is 10.1 Å². The predicted molar refractivity (Wildman–Crippen MR) is 85.2 cm³/mol. The molecule has 0 aromatic heterocycles. The van der Waals surface area contributed by atoms with Crippen LogP contribution in [0, 0.1) is 11.7 Å². The van der Waals surface area contributed by atoms with Crippen LogP contribution in [0.1, 0.15) is 64.5 Å². The summed E-state index contributed by atoms with van der Waals surface area (Å²) in [4.78, 5) is 0. The zero-order valence-electron chi connectivity index (χ0n) is 13.5. The number of rotatable bonds is 6. The van der Waals surface area contributed by atoms with E-state index in [9.17, 15) is 4.39 Å². The summed E-state index contributed by atoms with van der Waals surface area (Å²) >= 11 is 0. The van der Waals surface area contributed by atoms with Crippen LogP contribution in [0.2, 0.25) is 0 Å². The Morgan fingerprint density at radius 3 is 2.81 bits per heavy atom. The molecule has 0 radical (unpaired) electrons. The highest BCUT2D eigenvalue weighted by Crippen LogP contribution is 2.31. The Labute approximate surface area is 128 Å². The van der Waals surface area contributed by atoms with Crippen LogP contribution in [0.25, 0.3) is 0 Å². The van der Waals surface area contributed by atoms with Gasteiger partial charge in [0.05, 0.1) is 6.10 Å². The summed E-state index contributed by atoms with van der Waals surface area (Å²) in [6.07, 6.45) is 5.96. The molecule has 0 saturated heterocycles. The molecule has 1 aromatic rings. The Balaban J connectivity index is 2.00. The smallest absolute Gasteiger partial charge is 0.165 e. The molecule has 3 atom stereocenters. The van der Waals surface area contributed by atoms with Gasteiger partial charge in [-0.25, -0.2) is 4.39 Å². The third kappa shape index (κ3) is 4.44. The van der Waals surface area contributed by atoms with E-state index in [0.29, 0.717) is 5.75 Å². The molecule has 1 aromatic carbocycles. The SMILES string of the molecule is CCNC(C)c1ccc(OC2CCCC(CC)C2)c(F)c1. The lowest BCUT2D eigenvalue weighted by Crippen LogP contribution is -2.25. The van der Waals surface area contributed by atoms with Crippen molar-refractivity contribution in [2.24, 2.45) is 5.92 Å². The number of nitrogens with one attached hydrogen (secondary N) is 1. The van der Waals surface area contributed by atoms with Crippen molar-refractivity contribution in [2.75, 3.05) is 6.54 Å². The molecule has 0 bridgehead atoms. The van der Waals surface area contributed by atoms with Crippen molar-refractivity contribution in [3.05, 3.63) is 29.6 Å². The molecule has 118 valence electrons. The molecule has 2 rings (SSSR count). The lowest BCUT2D eigenvalue weighted by atomic mass is 9.85. The van der Waals surface area contributed by atoms with Gasteiger partial charge in [0.1, 0.15) is 0 Å². The second kappa shape index (κ2) is 7.79. The topological polar surface area (TPSA) is 21.3 Å². The average Bonchev–Trinajstić information content (AvgIpc) is 2.49. The largest absolute Gasteiger partial charge is 0.487 e. The van der Waals surface area contributed by atoms with Gasteiger partial charge in [-0.3, -0.25) is 0 Å². The van der Waals surface area contributed by atoms with E-state index in [2.05, 4.69) is 19.2 Å². The van der Waals surface area contributed by atoms with E-state index < -0.39 is 0 Å². The average molecular weight is 293 g/mol. The maximum absolute atomic E-state index is 14.2. The van der Waals surface area contributed by atoms with E-state index in [1.54, 1.807) is 12.1 Å². The summed E-state index contributed by atoms with van der Waals surface area (Å²) in [7, 11) is 0. The third-order valence-corrected chi connectivity index (χ3v) is 4.57. The lowest BCUT2D eigenvalue weighted by Gasteiger charge is -2.29. The number of benzene rings is 1. The van der Waals surface area contributed by atoms with Crippen LogP contribution in [0.5, 0.6) is 5.75 Å². The maximum atomic E-state index is 14.2. The van der Waals surface area contributed by atoms with E-state index in [1.165, 1.54) is 19.3 Å². The van der Waals surface area contributed by atoms with Gasteiger partial charge < -0.3 is 10.1 Å². The molecule has 0 amide bonds. The molecule has 1 fully saturated rings. The second-order valence-corrected chi connectivity index (χ2v) is 6.15. The molecule has 1 saturated carbocycles. The van der Waals surface area contributed by atoms with E-state index in [1.807, 2.05) is 13.0 Å². The van der Waals surface area contributed by atoms with Crippen molar-refractivity contribution < 1.29 is 9.13 Å². The molecule has 21 heavy (non-hydrogen) atoms. The van der Waals surface area contributed by atoms with Crippen LogP contribution in [0.3, 0.4) is 0 Å². The Hall–Kier alpha value is -1.09. The Morgan fingerprint density at radius 2 is 2.14 bits per heavy atom. The highest BCUT2D eigenvalue weighted by atomic mass is 19.1. The number of halogens is 1. The van der Waals surface area contributed by atoms with Gasteiger partial charge in [-0.15, -0.1) is 0 Å². The fraction of sp³-hybridized carbons (Fsp3) is 0.667. The summed E-state index contributed by atoms with van der Waals surface area (Å²) < 4.78 is 20.1. The van der Waals surface area contributed by atoms with Crippen LogP contribution in [-0.4, -0.2) is 12.6 Å². The highest BCUT2D eigenvalue weighted by Gasteiger charge is 2.23. The first-order chi connectivity index (χ1) is 10.1. The molecule has 0 heterocycles. The van der Waals surface area contributed by atoms with Crippen molar-refractivity contribution in [1.82, 2.24) is 5.32 Å². The summed E-state index contributed by atoms with van der Waals surface area (Å²) in [5, 5.41) is 3.30. The minimum atomic E-state index is -0.240. The van der Waals surface area contributed by atoms with Crippen molar-refractivity contribution in [3.8, 4) is 5.75 Å². The molecule has 0 spiro atoms. The minimum Gasteiger partial charge on any atom is -0.487 e. The molecule has 0 aliphatic heterocycles. The van der Waals surface area contributed by atoms with E-state index >= 15 is 0 Å². The molecular formula is C18H28FNO. The number of ether oxygens (including phenoxy) is 1. The molecule has 1 aliphatic carbocycles. The van der Waals surface area contributed by atoms with Crippen molar-refractivity contribution in [3.63, 3.8) is 0 Å². The highest BCUT2D eigenvalue weighted by molar-refractivity contribution is 5.31. The Bertz CT molecular complexity index is 449. The van der Waals surface area contributed by atoms with Gasteiger partial charge in [0.2, 0.25) is 0 Å². The van der Waals surface area contributed by atoms with Crippen LogP contribution in [-0.2, 0) is 0 Å². The Kier molecular flexibility index (Phi) is 6.04. The van der Waals surface area contributed by atoms with Gasteiger partial charge in [-0.05, 0) is 56.3 Å². The number of hydrogen-bond acceptors (Lipinski definition) is 2. The van der Waals surface area contributed by atoms with E-state index in [4.69, 9.17) is 4.74 Å². The minimum absolute atomic E-state index is 0.165. The van der Waals surface area contributed by atoms with Gasteiger partial charge >= 0.3 is 0 Å².